The molecule has 150 valence electrons. The van der Waals surface area contributed by atoms with Crippen molar-refractivity contribution >= 4 is 11.7 Å². The first-order valence-corrected chi connectivity index (χ1v) is 10.9. The minimum absolute atomic E-state index is 0.0265. The van der Waals surface area contributed by atoms with Crippen molar-refractivity contribution in [2.45, 2.75) is 65.4 Å². The van der Waals surface area contributed by atoms with Gasteiger partial charge in [0.15, 0.2) is 0 Å². The van der Waals surface area contributed by atoms with Gasteiger partial charge in [-0.1, -0.05) is 26.8 Å². The maximum atomic E-state index is 11.6. The van der Waals surface area contributed by atoms with Crippen molar-refractivity contribution < 1.29 is 14.3 Å². The number of allylic oxidation sites excluding steroid dienone is 2. The average molecular weight is 382 g/mol. The highest BCUT2D eigenvalue weighted by Gasteiger charge is 2.60. The van der Waals surface area contributed by atoms with E-state index in [1.165, 1.54) is 29.5 Å². The van der Waals surface area contributed by atoms with Gasteiger partial charge in [-0.05, 0) is 84.5 Å². The van der Waals surface area contributed by atoms with Gasteiger partial charge in [-0.25, -0.2) is 4.79 Å². The van der Waals surface area contributed by atoms with Crippen LogP contribution >= 0.6 is 0 Å². The minimum atomic E-state index is -0.477. The number of fused-ring (bicyclic) bond motifs is 5. The Morgan fingerprint density at radius 3 is 2.86 bits per heavy atom. The number of ether oxygens (including phenoxy) is 2. The maximum Gasteiger partial charge on any atom is 0.508 e. The van der Waals surface area contributed by atoms with Gasteiger partial charge in [-0.3, -0.25) is 4.98 Å². The highest BCUT2D eigenvalue weighted by Crippen LogP contribution is 2.65. The molecule has 0 N–H and O–H groups in total. The molecule has 4 heteroatoms. The Labute approximate surface area is 167 Å². The Balaban J connectivity index is 1.44. The zero-order valence-corrected chi connectivity index (χ0v) is 17.2. The normalized spacial score (nSPS) is 41.8. The van der Waals surface area contributed by atoms with Crippen LogP contribution in [0.2, 0.25) is 0 Å². The first-order chi connectivity index (χ1) is 13.5. The smallest absolute Gasteiger partial charge is 0.434 e. The second-order valence-corrected chi connectivity index (χ2v) is 9.85. The van der Waals surface area contributed by atoms with Crippen LogP contribution in [0.4, 0.5) is 4.79 Å². The first-order valence-electron chi connectivity index (χ1n) is 10.9. The molecule has 4 aliphatic rings. The highest BCUT2D eigenvalue weighted by molar-refractivity contribution is 5.72. The lowest BCUT2D eigenvalue weighted by atomic mass is 9.48. The standard InChI is InChI=1S/C24H31NO3/c1-4-15-11-16(13-25-12-15)18-6-7-19-17-5-8-21-24(3,14-27-22(26)28-21)20(17)9-10-23(18,19)2/h6,11-13,17,19-21H,4-5,7-10,14H2,1-3H3. The number of carbonyl (C=O) groups excluding carboxylic acids is 1. The van der Waals surface area contributed by atoms with Crippen molar-refractivity contribution in [3.63, 3.8) is 0 Å². The van der Waals surface area contributed by atoms with Gasteiger partial charge in [0.2, 0.25) is 0 Å². The third-order valence-corrected chi connectivity index (χ3v) is 8.62. The Hall–Kier alpha value is -1.84. The molecule has 3 aliphatic carbocycles. The molecular weight excluding hydrogens is 350 g/mol. The molecule has 4 nitrogen and oxygen atoms in total. The molecule has 5 rings (SSSR count). The number of pyridine rings is 1. The summed E-state index contributed by atoms with van der Waals surface area (Å²) in [6.07, 6.45) is 12.8. The van der Waals surface area contributed by atoms with E-state index >= 15 is 0 Å². The number of carbonyl (C=O) groups is 1. The van der Waals surface area contributed by atoms with Gasteiger partial charge >= 0.3 is 6.16 Å². The number of nitrogens with zero attached hydrogens (tertiary/aromatic N) is 1. The fraction of sp³-hybridized carbons (Fsp3) is 0.667. The highest BCUT2D eigenvalue weighted by atomic mass is 16.7. The van der Waals surface area contributed by atoms with Crippen molar-refractivity contribution in [2.75, 3.05) is 6.61 Å². The van der Waals surface area contributed by atoms with Crippen LogP contribution in [0, 0.1) is 28.6 Å². The molecule has 0 radical (unpaired) electrons. The third-order valence-electron chi connectivity index (χ3n) is 8.62. The van der Waals surface area contributed by atoms with Gasteiger partial charge in [-0.15, -0.1) is 0 Å². The van der Waals surface area contributed by atoms with Crippen LogP contribution in [0.1, 0.15) is 64.0 Å². The minimum Gasteiger partial charge on any atom is -0.434 e. The number of hydrogen-bond donors (Lipinski definition) is 0. The SMILES string of the molecule is CCc1cncc(C2=CCC3C4CCC5OC(=O)OCC5(C)C4CCC23C)c1. The molecule has 0 aromatic carbocycles. The Bertz CT molecular complexity index is 833. The topological polar surface area (TPSA) is 48.4 Å². The molecule has 2 heterocycles. The Morgan fingerprint density at radius 1 is 1.18 bits per heavy atom. The molecule has 0 bridgehead atoms. The zero-order valence-electron chi connectivity index (χ0n) is 17.2. The van der Waals surface area contributed by atoms with Gasteiger partial charge in [0.25, 0.3) is 0 Å². The van der Waals surface area contributed by atoms with E-state index in [0.29, 0.717) is 24.4 Å². The lowest BCUT2D eigenvalue weighted by Gasteiger charge is -2.58. The summed E-state index contributed by atoms with van der Waals surface area (Å²) in [6.45, 7) is 7.49. The molecule has 1 aromatic rings. The van der Waals surface area contributed by atoms with Crippen molar-refractivity contribution in [2.24, 2.45) is 28.6 Å². The van der Waals surface area contributed by atoms with Crippen molar-refractivity contribution in [1.29, 1.82) is 0 Å². The maximum absolute atomic E-state index is 11.6. The largest absolute Gasteiger partial charge is 0.508 e. The summed E-state index contributed by atoms with van der Waals surface area (Å²) in [5, 5.41) is 0. The molecule has 6 unspecified atom stereocenters. The predicted molar refractivity (Wildman–Crippen MR) is 108 cm³/mol. The van der Waals surface area contributed by atoms with E-state index in [0.717, 1.165) is 25.7 Å². The monoisotopic (exact) mass is 381 g/mol. The van der Waals surface area contributed by atoms with E-state index in [2.05, 4.69) is 44.1 Å². The molecule has 0 amide bonds. The number of cyclic esters (lactones) is 1. The number of aryl methyl sites for hydroxylation is 1. The second kappa shape index (κ2) is 6.33. The Morgan fingerprint density at radius 2 is 2.04 bits per heavy atom. The van der Waals surface area contributed by atoms with Gasteiger partial charge in [0, 0.05) is 17.8 Å². The van der Waals surface area contributed by atoms with Crippen molar-refractivity contribution in [3.05, 3.63) is 35.7 Å². The summed E-state index contributed by atoms with van der Waals surface area (Å²) in [4.78, 5) is 16.2. The molecule has 1 aromatic heterocycles. The van der Waals surface area contributed by atoms with Crippen molar-refractivity contribution in [3.8, 4) is 0 Å². The summed E-state index contributed by atoms with van der Waals surface area (Å²) < 4.78 is 11.0. The van der Waals surface area contributed by atoms with E-state index in [1.54, 1.807) is 0 Å². The van der Waals surface area contributed by atoms with Gasteiger partial charge in [-0.2, -0.15) is 0 Å². The second-order valence-electron chi connectivity index (χ2n) is 9.85. The lowest BCUT2D eigenvalue weighted by molar-refractivity contribution is -0.179. The van der Waals surface area contributed by atoms with E-state index in [4.69, 9.17) is 9.47 Å². The van der Waals surface area contributed by atoms with Crippen LogP contribution in [0.5, 0.6) is 0 Å². The molecule has 1 saturated heterocycles. The molecule has 1 aliphatic heterocycles. The molecule has 2 saturated carbocycles. The lowest BCUT2D eigenvalue weighted by Crippen LogP contribution is -2.58. The van der Waals surface area contributed by atoms with E-state index in [-0.39, 0.29) is 16.9 Å². The summed E-state index contributed by atoms with van der Waals surface area (Å²) in [5.74, 6) is 1.92. The predicted octanol–water partition coefficient (Wildman–Crippen LogP) is 5.42. The molecule has 0 spiro atoms. The third kappa shape index (κ3) is 2.49. The van der Waals surface area contributed by atoms with E-state index in [1.807, 2.05) is 6.20 Å². The molecule has 3 fully saturated rings. The zero-order chi connectivity index (χ0) is 19.5. The van der Waals surface area contributed by atoms with Crippen LogP contribution in [-0.4, -0.2) is 23.9 Å². The van der Waals surface area contributed by atoms with Crippen LogP contribution < -0.4 is 0 Å². The number of hydrogen-bond acceptors (Lipinski definition) is 4. The number of rotatable bonds is 2. The van der Waals surface area contributed by atoms with Gasteiger partial charge in [0.1, 0.15) is 12.7 Å². The van der Waals surface area contributed by atoms with E-state index in [9.17, 15) is 4.79 Å². The van der Waals surface area contributed by atoms with E-state index < -0.39 is 6.16 Å². The fourth-order valence-electron chi connectivity index (χ4n) is 7.02. The fourth-order valence-corrected chi connectivity index (χ4v) is 7.02. The van der Waals surface area contributed by atoms with Gasteiger partial charge in [0.05, 0.1) is 0 Å². The van der Waals surface area contributed by atoms with Gasteiger partial charge < -0.3 is 9.47 Å². The summed E-state index contributed by atoms with van der Waals surface area (Å²) in [5.41, 5.74) is 4.33. The molecule has 28 heavy (non-hydrogen) atoms. The van der Waals surface area contributed by atoms with Crippen LogP contribution in [0.3, 0.4) is 0 Å². The van der Waals surface area contributed by atoms with Crippen LogP contribution in [0.15, 0.2) is 24.5 Å². The number of aromatic nitrogens is 1. The average Bonchev–Trinajstić information content (AvgIpc) is 3.06. The molecule has 6 atom stereocenters. The summed E-state index contributed by atoms with van der Waals surface area (Å²) in [6, 6.07) is 2.34. The molecular formula is C24H31NO3. The first kappa shape index (κ1) is 18.2. The quantitative estimate of drug-likeness (QED) is 0.642. The van der Waals surface area contributed by atoms with Crippen LogP contribution in [0.25, 0.3) is 5.57 Å². The summed E-state index contributed by atoms with van der Waals surface area (Å²) >= 11 is 0. The van der Waals surface area contributed by atoms with Crippen molar-refractivity contribution in [1.82, 2.24) is 4.98 Å². The van der Waals surface area contributed by atoms with Crippen LogP contribution in [-0.2, 0) is 15.9 Å². The Kier molecular flexibility index (Phi) is 4.12. The summed E-state index contributed by atoms with van der Waals surface area (Å²) in [7, 11) is 0.